The van der Waals surface area contributed by atoms with Crippen molar-refractivity contribution in [2.75, 3.05) is 5.32 Å². The molecular formula is C19H16F3N5O3. The number of alkyl halides is 3. The summed E-state index contributed by atoms with van der Waals surface area (Å²) in [5.41, 5.74) is 1.98. The van der Waals surface area contributed by atoms with E-state index in [1.807, 2.05) is 0 Å². The summed E-state index contributed by atoms with van der Waals surface area (Å²) in [5, 5.41) is 18.2. The Morgan fingerprint density at radius 2 is 2.00 bits per heavy atom. The number of hydrogen-bond acceptors (Lipinski definition) is 6. The van der Waals surface area contributed by atoms with Crippen molar-refractivity contribution in [1.29, 1.82) is 0 Å². The summed E-state index contributed by atoms with van der Waals surface area (Å²) in [5.74, 6) is -1.21. The third-order valence-corrected chi connectivity index (χ3v) is 3.99. The van der Waals surface area contributed by atoms with Gasteiger partial charge in [-0.2, -0.15) is 18.3 Å². The Hall–Kier alpha value is -3.89. The van der Waals surface area contributed by atoms with Crippen molar-refractivity contribution in [2.24, 2.45) is 10.1 Å². The second-order valence-corrected chi connectivity index (χ2v) is 6.24. The molecule has 11 heteroatoms. The molecule has 0 aromatic heterocycles. The second kappa shape index (κ2) is 8.64. The topological polar surface area (TPSA) is 115 Å². The van der Waals surface area contributed by atoms with Gasteiger partial charge in [-0.05, 0) is 30.3 Å². The number of carbonyl (C=O) groups excluding carboxylic acids is 2. The maximum absolute atomic E-state index is 12.7. The van der Waals surface area contributed by atoms with Gasteiger partial charge in [-0.15, -0.1) is 0 Å². The van der Waals surface area contributed by atoms with Crippen LogP contribution in [0.15, 0.2) is 58.6 Å². The summed E-state index contributed by atoms with van der Waals surface area (Å²) >= 11 is 0. The number of nitrogens with one attached hydrogen (secondary N) is 3. The van der Waals surface area contributed by atoms with Gasteiger partial charge in [0.15, 0.2) is 0 Å². The minimum absolute atomic E-state index is 0.00328. The number of hydrogen-bond donors (Lipinski definition) is 4. The highest BCUT2D eigenvalue weighted by Crippen LogP contribution is 2.30. The smallest absolute Gasteiger partial charge is 0.416 e. The minimum Gasteiger partial charge on any atom is -0.507 e. The second-order valence-electron chi connectivity index (χ2n) is 6.24. The van der Waals surface area contributed by atoms with Gasteiger partial charge in [0, 0.05) is 11.3 Å². The van der Waals surface area contributed by atoms with Gasteiger partial charge < -0.3 is 10.4 Å². The highest BCUT2D eigenvalue weighted by Gasteiger charge is 2.31. The molecule has 0 saturated carbocycles. The molecule has 0 bridgehead atoms. The molecule has 2 aromatic rings. The molecule has 1 unspecified atom stereocenters. The van der Waals surface area contributed by atoms with E-state index in [0.717, 1.165) is 12.1 Å². The first kappa shape index (κ1) is 20.8. The lowest BCUT2D eigenvalue weighted by atomic mass is 10.1. The number of amides is 2. The fraction of sp³-hybridized carbons (Fsp3) is 0.158. The fourth-order valence-electron chi connectivity index (χ4n) is 2.56. The Balaban J connectivity index is 1.57. The zero-order chi connectivity index (χ0) is 21.7. The summed E-state index contributed by atoms with van der Waals surface area (Å²) < 4.78 is 38.2. The Morgan fingerprint density at radius 1 is 1.23 bits per heavy atom. The van der Waals surface area contributed by atoms with E-state index in [9.17, 15) is 27.9 Å². The van der Waals surface area contributed by atoms with Gasteiger partial charge in [-0.25, -0.2) is 10.4 Å². The van der Waals surface area contributed by atoms with E-state index in [-0.39, 0.29) is 23.8 Å². The van der Waals surface area contributed by atoms with E-state index in [1.54, 1.807) is 18.2 Å². The van der Waals surface area contributed by atoms with Gasteiger partial charge in [0.1, 0.15) is 11.8 Å². The van der Waals surface area contributed by atoms with E-state index in [2.05, 4.69) is 26.2 Å². The monoisotopic (exact) mass is 419 g/mol. The molecule has 1 aliphatic rings. The van der Waals surface area contributed by atoms with Gasteiger partial charge in [0.2, 0.25) is 11.9 Å². The lowest BCUT2D eigenvalue weighted by Crippen LogP contribution is -2.35. The van der Waals surface area contributed by atoms with Crippen LogP contribution in [0.5, 0.6) is 5.75 Å². The van der Waals surface area contributed by atoms with Crippen LogP contribution in [0.3, 0.4) is 0 Å². The first-order valence-electron chi connectivity index (χ1n) is 8.65. The maximum atomic E-state index is 12.7. The molecule has 30 heavy (non-hydrogen) atoms. The number of guanidine groups is 1. The number of phenols is 1. The number of aromatic hydroxyl groups is 1. The molecule has 4 N–H and O–H groups in total. The van der Waals surface area contributed by atoms with E-state index in [1.165, 1.54) is 24.4 Å². The van der Waals surface area contributed by atoms with E-state index in [4.69, 9.17) is 0 Å². The standard InChI is InChI=1S/C19H16F3N5O3/c20-19(21,22)12-5-3-6-13(8-12)24-16(29)9-14-17(30)26-18(25-14)27-23-10-11-4-1-2-7-15(11)28/h1-8,10,14,28H,9H2,(H,24,29)(H2,25,26,27,30). The highest BCUT2D eigenvalue weighted by molar-refractivity contribution is 6.07. The van der Waals surface area contributed by atoms with Gasteiger partial charge in [-0.1, -0.05) is 18.2 Å². The number of anilines is 1. The van der Waals surface area contributed by atoms with Crippen molar-refractivity contribution in [2.45, 2.75) is 18.6 Å². The lowest BCUT2D eigenvalue weighted by Gasteiger charge is -2.10. The molecule has 0 fully saturated rings. The third-order valence-electron chi connectivity index (χ3n) is 3.99. The summed E-state index contributed by atoms with van der Waals surface area (Å²) in [6, 6.07) is 9.57. The third kappa shape index (κ3) is 5.34. The Morgan fingerprint density at radius 3 is 2.73 bits per heavy atom. The summed E-state index contributed by atoms with van der Waals surface area (Å²) in [6.45, 7) is 0. The van der Waals surface area contributed by atoms with Crippen molar-refractivity contribution < 1.29 is 27.9 Å². The van der Waals surface area contributed by atoms with Crippen molar-refractivity contribution in [3.8, 4) is 5.75 Å². The largest absolute Gasteiger partial charge is 0.507 e. The molecule has 3 rings (SSSR count). The van der Waals surface area contributed by atoms with Crippen LogP contribution in [0, 0.1) is 0 Å². The van der Waals surface area contributed by atoms with Crippen molar-refractivity contribution in [1.82, 2.24) is 10.7 Å². The summed E-state index contributed by atoms with van der Waals surface area (Å²) in [4.78, 5) is 28.0. The van der Waals surface area contributed by atoms with E-state index in [0.29, 0.717) is 5.56 Å². The average molecular weight is 419 g/mol. The molecule has 2 aromatic carbocycles. The molecule has 1 aliphatic heterocycles. The van der Waals surface area contributed by atoms with Gasteiger partial charge >= 0.3 is 6.18 Å². The molecule has 156 valence electrons. The number of para-hydroxylation sites is 1. The van der Waals surface area contributed by atoms with Crippen LogP contribution in [-0.2, 0) is 15.8 Å². The number of carbonyl (C=O) groups is 2. The van der Waals surface area contributed by atoms with Crippen LogP contribution in [0.1, 0.15) is 17.5 Å². The zero-order valence-corrected chi connectivity index (χ0v) is 15.3. The zero-order valence-electron chi connectivity index (χ0n) is 15.3. The van der Waals surface area contributed by atoms with Crippen LogP contribution in [-0.4, -0.2) is 35.1 Å². The molecule has 0 spiro atoms. The van der Waals surface area contributed by atoms with Crippen LogP contribution in [0.25, 0.3) is 0 Å². The normalized spacial score (nSPS) is 16.3. The van der Waals surface area contributed by atoms with Crippen LogP contribution >= 0.6 is 0 Å². The van der Waals surface area contributed by atoms with E-state index >= 15 is 0 Å². The predicted octanol–water partition coefficient (Wildman–Crippen LogP) is 2.22. The number of rotatable bonds is 5. The molecule has 2 amide bonds. The number of hydrazone groups is 1. The number of aliphatic imine (C=N–C) groups is 1. The summed E-state index contributed by atoms with van der Waals surface area (Å²) in [7, 11) is 0. The van der Waals surface area contributed by atoms with Gasteiger partial charge in [0.05, 0.1) is 18.2 Å². The van der Waals surface area contributed by atoms with Crippen molar-refractivity contribution >= 4 is 29.7 Å². The first-order chi connectivity index (χ1) is 14.2. The minimum atomic E-state index is -4.53. The fourth-order valence-corrected chi connectivity index (χ4v) is 2.56. The average Bonchev–Trinajstić information content (AvgIpc) is 3.02. The number of benzene rings is 2. The van der Waals surface area contributed by atoms with Gasteiger partial charge in [0.25, 0.3) is 5.91 Å². The number of nitrogens with zero attached hydrogens (tertiary/aromatic N) is 2. The highest BCUT2D eigenvalue weighted by atomic mass is 19.4. The molecule has 1 atom stereocenters. The van der Waals surface area contributed by atoms with Crippen LogP contribution in [0.4, 0.5) is 18.9 Å². The molecule has 0 aliphatic carbocycles. The number of halogens is 3. The Labute approximate surface area is 168 Å². The van der Waals surface area contributed by atoms with E-state index < -0.39 is 29.6 Å². The van der Waals surface area contributed by atoms with Gasteiger partial charge in [-0.3, -0.25) is 14.9 Å². The predicted molar refractivity (Wildman–Crippen MR) is 103 cm³/mol. The summed E-state index contributed by atoms with van der Waals surface area (Å²) in [6.07, 6.45) is -3.58. The van der Waals surface area contributed by atoms with Crippen LogP contribution < -0.4 is 16.1 Å². The lowest BCUT2D eigenvalue weighted by molar-refractivity contribution is -0.137. The maximum Gasteiger partial charge on any atom is 0.416 e. The molecule has 8 nitrogen and oxygen atoms in total. The van der Waals surface area contributed by atoms with Crippen molar-refractivity contribution in [3.05, 3.63) is 59.7 Å². The first-order valence-corrected chi connectivity index (χ1v) is 8.65. The Kier molecular flexibility index (Phi) is 6.00. The number of phenolic OH excluding ortho intramolecular Hbond substituents is 1. The van der Waals surface area contributed by atoms with Crippen LogP contribution in [0.2, 0.25) is 0 Å². The molecule has 1 heterocycles. The molecule has 0 radical (unpaired) electrons. The van der Waals surface area contributed by atoms with Crippen molar-refractivity contribution in [3.63, 3.8) is 0 Å². The quantitative estimate of drug-likeness (QED) is 0.439. The molecular weight excluding hydrogens is 403 g/mol. The Bertz CT molecular complexity index is 1020. The molecule has 0 saturated heterocycles. The SMILES string of the molecule is O=C(CC1N=C(NN=Cc2ccccc2O)NC1=O)Nc1cccc(C(F)(F)F)c1.